The predicted molar refractivity (Wildman–Crippen MR) is 40.4 cm³/mol. The number of aromatic nitrogens is 1. The molecule has 0 aliphatic carbocycles. The molecule has 0 amide bonds. The molecule has 2 aromatic heterocycles. The number of nitrogens with zero attached hydrogens (tertiary/aromatic N) is 1. The van der Waals surface area contributed by atoms with Gasteiger partial charge in [0.2, 0.25) is 0 Å². The van der Waals surface area contributed by atoms with Gasteiger partial charge in [-0.2, -0.15) is 0 Å². The molecule has 2 aromatic rings. The Bertz CT molecular complexity index is 355. The quantitative estimate of drug-likeness (QED) is 0.539. The van der Waals surface area contributed by atoms with E-state index in [-0.39, 0.29) is 0 Å². The molecule has 0 N–H and O–H groups in total. The third-order valence-electron chi connectivity index (χ3n) is 1.40. The number of hydrogen-bond donors (Lipinski definition) is 0. The van der Waals surface area contributed by atoms with Gasteiger partial charge in [-0.15, -0.1) is 0 Å². The lowest BCUT2D eigenvalue weighted by atomic mass is 10.4. The van der Waals surface area contributed by atoms with Gasteiger partial charge in [0.05, 0.1) is 5.39 Å². The van der Waals surface area contributed by atoms with Crippen molar-refractivity contribution in [1.82, 2.24) is 4.98 Å². The van der Waals surface area contributed by atoms with Gasteiger partial charge in [-0.3, -0.25) is 4.98 Å². The van der Waals surface area contributed by atoms with Crippen LogP contribution in [-0.2, 0) is 0 Å². The summed E-state index contributed by atoms with van der Waals surface area (Å²) in [5.74, 6) is 0. The lowest BCUT2D eigenvalue weighted by Crippen LogP contribution is -1.66. The van der Waals surface area contributed by atoms with E-state index >= 15 is 0 Å². The molecule has 0 bridgehead atoms. The van der Waals surface area contributed by atoms with Crippen molar-refractivity contribution in [2.75, 3.05) is 0 Å². The molecule has 0 fully saturated rings. The molecule has 2 rings (SSSR count). The first kappa shape index (κ1) is 5.82. The van der Waals surface area contributed by atoms with Crippen LogP contribution in [0.1, 0.15) is 0 Å². The smallest absolute Gasteiger partial charge is 0.182 e. The van der Waals surface area contributed by atoms with Crippen molar-refractivity contribution in [2.24, 2.45) is 0 Å². The lowest BCUT2D eigenvalue weighted by molar-refractivity contribution is 0.600. The van der Waals surface area contributed by atoms with Crippen LogP contribution in [0.25, 0.3) is 10.1 Å². The van der Waals surface area contributed by atoms with Crippen molar-refractivity contribution in [3.05, 3.63) is 29.9 Å². The van der Waals surface area contributed by atoms with Crippen LogP contribution >= 0.6 is 10.8 Å². The summed E-state index contributed by atoms with van der Waals surface area (Å²) < 4.78 is 11.9. The van der Waals surface area contributed by atoms with E-state index in [2.05, 4.69) is 4.98 Å². The Hall–Kier alpha value is -0.930. The number of fused-ring (bicyclic) bond motifs is 1. The van der Waals surface area contributed by atoms with E-state index in [4.69, 9.17) is 0 Å². The highest BCUT2D eigenvalue weighted by Gasteiger charge is 2.01. The summed E-state index contributed by atoms with van der Waals surface area (Å²) in [6, 6.07) is 3.61. The van der Waals surface area contributed by atoms with Gasteiger partial charge >= 0.3 is 0 Å². The van der Waals surface area contributed by atoms with Gasteiger partial charge in [0.1, 0.15) is 5.38 Å². The topological polar surface area (TPSA) is 36.0 Å². The van der Waals surface area contributed by atoms with Crippen molar-refractivity contribution in [2.45, 2.75) is 0 Å². The van der Waals surface area contributed by atoms with E-state index in [0.717, 1.165) is 10.1 Å². The van der Waals surface area contributed by atoms with Gasteiger partial charge < -0.3 is 4.55 Å². The molecule has 3 heteroatoms. The van der Waals surface area contributed by atoms with Gasteiger partial charge in [-0.05, 0) is 10.8 Å². The van der Waals surface area contributed by atoms with Crippen LogP contribution < -0.4 is 0 Å². The normalized spacial score (nSPS) is 12.3. The molecule has 0 saturated carbocycles. The minimum Gasteiger partial charge on any atom is -0.590 e. The number of rotatable bonds is 0. The Balaban J connectivity index is 2.93. The summed E-state index contributed by atoms with van der Waals surface area (Å²) >= 11 is 0. The highest BCUT2D eigenvalue weighted by Crippen LogP contribution is 2.26. The van der Waals surface area contributed by atoms with Gasteiger partial charge in [0.15, 0.2) is 4.70 Å². The Labute approximate surface area is 60.9 Å². The van der Waals surface area contributed by atoms with Crippen LogP contribution in [-0.4, -0.2) is 9.54 Å². The van der Waals surface area contributed by atoms with Crippen LogP contribution in [0.5, 0.6) is 0 Å². The average Bonchev–Trinajstić information content (AvgIpc) is 2.34. The first-order chi connectivity index (χ1) is 4.88. The fraction of sp³-hybridized carbons (Fsp3) is 0. The molecular weight excluding hydrogens is 146 g/mol. The van der Waals surface area contributed by atoms with Gasteiger partial charge in [0, 0.05) is 24.5 Å². The molecule has 1 unspecified atom stereocenters. The van der Waals surface area contributed by atoms with Gasteiger partial charge in [0.25, 0.3) is 0 Å². The molecule has 2 nitrogen and oxygen atoms in total. The first-order valence-electron chi connectivity index (χ1n) is 2.91. The molecule has 0 aromatic carbocycles. The molecule has 0 aliphatic heterocycles. The molecule has 2 heterocycles. The second-order valence-electron chi connectivity index (χ2n) is 2.01. The highest BCUT2D eigenvalue weighted by atomic mass is 32.2. The van der Waals surface area contributed by atoms with Crippen LogP contribution in [0.15, 0.2) is 29.9 Å². The summed E-state index contributed by atoms with van der Waals surface area (Å²) in [5, 5.41) is 2.65. The largest absolute Gasteiger partial charge is 0.590 e. The molecule has 1 atom stereocenters. The molecule has 10 heavy (non-hydrogen) atoms. The van der Waals surface area contributed by atoms with Crippen molar-refractivity contribution < 1.29 is 4.55 Å². The van der Waals surface area contributed by atoms with Crippen LogP contribution in [0.4, 0.5) is 0 Å². The van der Waals surface area contributed by atoms with E-state index in [1.807, 2.05) is 6.07 Å². The summed E-state index contributed by atoms with van der Waals surface area (Å²) in [7, 11) is -0.918. The third kappa shape index (κ3) is 0.716. The average molecular weight is 151 g/mol. The Kier molecular flexibility index (Phi) is 1.19. The zero-order valence-electron chi connectivity index (χ0n) is 5.15. The molecule has 0 saturated heterocycles. The second kappa shape index (κ2) is 2.04. The number of thiophene rings is 1. The van der Waals surface area contributed by atoms with E-state index in [9.17, 15) is 4.55 Å². The summed E-state index contributed by atoms with van der Waals surface area (Å²) in [4.78, 5) is 3.91. The van der Waals surface area contributed by atoms with E-state index in [1.165, 1.54) is 0 Å². The molecular formula is C7H5NOS. The van der Waals surface area contributed by atoms with Crippen LogP contribution in [0.3, 0.4) is 0 Å². The van der Waals surface area contributed by atoms with Crippen molar-refractivity contribution in [1.29, 1.82) is 0 Å². The maximum absolute atomic E-state index is 11.1. The fourth-order valence-corrected chi connectivity index (χ4v) is 1.88. The minimum absolute atomic E-state index is 0.870. The van der Waals surface area contributed by atoms with Crippen molar-refractivity contribution in [3.8, 4) is 0 Å². The van der Waals surface area contributed by atoms with E-state index in [1.54, 1.807) is 23.8 Å². The van der Waals surface area contributed by atoms with E-state index in [0.29, 0.717) is 0 Å². The fourth-order valence-electron chi connectivity index (χ4n) is 0.911. The molecule has 0 radical (unpaired) electrons. The minimum atomic E-state index is -0.918. The lowest BCUT2D eigenvalue weighted by Gasteiger charge is -1.86. The maximum Gasteiger partial charge on any atom is 0.182 e. The monoisotopic (exact) mass is 151 g/mol. The summed E-state index contributed by atoms with van der Waals surface area (Å²) in [6.45, 7) is 0. The van der Waals surface area contributed by atoms with E-state index < -0.39 is 10.8 Å². The van der Waals surface area contributed by atoms with Crippen molar-refractivity contribution >= 4 is 20.8 Å². The predicted octanol–water partition coefficient (Wildman–Crippen LogP) is 1.96. The zero-order valence-corrected chi connectivity index (χ0v) is 5.97. The Morgan fingerprint density at radius 1 is 1.40 bits per heavy atom. The number of pyridine rings is 1. The van der Waals surface area contributed by atoms with Crippen molar-refractivity contribution in [3.63, 3.8) is 0 Å². The van der Waals surface area contributed by atoms with Gasteiger partial charge in [-0.1, -0.05) is 0 Å². The summed E-state index contributed by atoms with van der Waals surface area (Å²) in [5.41, 5.74) is 0. The third-order valence-corrected chi connectivity index (χ3v) is 2.59. The Morgan fingerprint density at radius 2 is 2.30 bits per heavy atom. The maximum atomic E-state index is 11.1. The zero-order chi connectivity index (χ0) is 6.97. The van der Waals surface area contributed by atoms with Crippen LogP contribution in [0.2, 0.25) is 0 Å². The SMILES string of the molecule is [O-][s+]1ccc2cnccc21. The molecule has 50 valence electrons. The standard InChI is InChI=1S/C7H5NOS/c9-10-4-2-6-5-8-3-1-7(6)10/h1-5H. The molecule has 0 spiro atoms. The highest BCUT2D eigenvalue weighted by molar-refractivity contribution is 7.30. The second-order valence-corrected chi connectivity index (χ2v) is 3.32. The Morgan fingerprint density at radius 3 is 3.10 bits per heavy atom. The molecule has 0 aliphatic rings. The summed E-state index contributed by atoms with van der Waals surface area (Å²) in [6.07, 6.45) is 3.38. The van der Waals surface area contributed by atoms with Gasteiger partial charge in [-0.25, -0.2) is 0 Å². The number of hydrogen-bond acceptors (Lipinski definition) is 2. The van der Waals surface area contributed by atoms with Crippen LogP contribution in [0, 0.1) is 0 Å². The first-order valence-corrected chi connectivity index (χ1v) is 4.12.